The highest BCUT2D eigenvalue weighted by atomic mass is 16.5. The summed E-state index contributed by atoms with van der Waals surface area (Å²) in [4.78, 5) is 41.7. The second-order valence-electron chi connectivity index (χ2n) is 7.28. The zero-order valence-electron chi connectivity index (χ0n) is 18.3. The van der Waals surface area contributed by atoms with Gasteiger partial charge in [-0.25, -0.2) is 5.48 Å². The van der Waals surface area contributed by atoms with Crippen LogP contribution in [0, 0.1) is 0 Å². The number of nitrogens with one attached hydrogen (secondary N) is 3. The fourth-order valence-corrected chi connectivity index (χ4v) is 3.28. The summed E-state index contributed by atoms with van der Waals surface area (Å²) >= 11 is 0. The molecule has 3 amide bonds. The molecule has 170 valence electrons. The van der Waals surface area contributed by atoms with Crippen molar-refractivity contribution in [3.8, 4) is 11.1 Å². The van der Waals surface area contributed by atoms with Gasteiger partial charge < -0.3 is 15.5 Å². The number of carbonyl (C=O) groups is 3. The molecule has 1 heterocycles. The third-order valence-corrected chi connectivity index (χ3v) is 5.13. The number of aromatic nitrogens is 1. The van der Waals surface area contributed by atoms with Crippen LogP contribution < -0.4 is 16.1 Å². The van der Waals surface area contributed by atoms with Gasteiger partial charge in [-0.3, -0.25) is 24.6 Å². The summed E-state index contributed by atoms with van der Waals surface area (Å²) in [6.07, 6.45) is 3.55. The number of likely N-dealkylation sites (N-methyl/N-ethyl adjacent to an activating group) is 2. The molecule has 1 unspecified atom stereocenters. The molecule has 3 rings (SSSR count). The first kappa shape index (κ1) is 23.4. The van der Waals surface area contributed by atoms with Crippen LogP contribution in [-0.2, 0) is 16.1 Å². The zero-order valence-corrected chi connectivity index (χ0v) is 18.3. The smallest absolute Gasteiger partial charge is 0.275 e. The van der Waals surface area contributed by atoms with Gasteiger partial charge in [0.15, 0.2) is 6.04 Å². The Kier molecular flexibility index (Phi) is 7.72. The normalized spacial score (nSPS) is 11.2. The molecule has 0 saturated heterocycles. The molecule has 0 bridgehead atoms. The Morgan fingerprint density at radius 3 is 2.15 bits per heavy atom. The maximum atomic E-state index is 12.8. The van der Waals surface area contributed by atoms with Crippen molar-refractivity contribution in [1.82, 2.24) is 20.7 Å². The first-order valence-electron chi connectivity index (χ1n) is 10.2. The predicted molar refractivity (Wildman–Crippen MR) is 123 cm³/mol. The second-order valence-corrected chi connectivity index (χ2v) is 7.28. The number of hydrogen-bond acceptors (Lipinski definition) is 6. The maximum Gasteiger partial charge on any atom is 0.275 e. The summed E-state index contributed by atoms with van der Waals surface area (Å²) in [5.74, 6) is -2.25. The van der Waals surface area contributed by atoms with Gasteiger partial charge in [0.2, 0.25) is 0 Å². The van der Waals surface area contributed by atoms with Crippen molar-refractivity contribution in [1.29, 1.82) is 0 Å². The topological polar surface area (TPSA) is 124 Å². The van der Waals surface area contributed by atoms with E-state index in [0.717, 1.165) is 27.3 Å². The zero-order chi connectivity index (χ0) is 23.8. The van der Waals surface area contributed by atoms with Crippen LogP contribution in [0.3, 0.4) is 0 Å². The highest BCUT2D eigenvalue weighted by molar-refractivity contribution is 6.08. The Morgan fingerprint density at radius 2 is 1.61 bits per heavy atom. The summed E-state index contributed by atoms with van der Waals surface area (Å²) in [6, 6.07) is 17.1. The van der Waals surface area contributed by atoms with Gasteiger partial charge in [-0.15, -0.1) is 0 Å². The Hall–Kier alpha value is -4.24. The molecule has 0 aliphatic heterocycles. The van der Waals surface area contributed by atoms with Crippen molar-refractivity contribution in [2.75, 3.05) is 19.4 Å². The van der Waals surface area contributed by atoms with E-state index >= 15 is 0 Å². The van der Waals surface area contributed by atoms with E-state index < -0.39 is 23.8 Å². The van der Waals surface area contributed by atoms with Gasteiger partial charge in [0.1, 0.15) is 0 Å². The fourth-order valence-electron chi connectivity index (χ4n) is 3.28. The minimum Gasteiger partial charge on any atom is -0.381 e. The van der Waals surface area contributed by atoms with Crippen molar-refractivity contribution in [2.24, 2.45) is 0 Å². The van der Waals surface area contributed by atoms with Crippen LogP contribution >= 0.6 is 0 Å². The number of pyridine rings is 1. The molecule has 9 heteroatoms. The van der Waals surface area contributed by atoms with Crippen molar-refractivity contribution < 1.29 is 19.6 Å². The summed E-state index contributed by atoms with van der Waals surface area (Å²) in [7, 11) is 2.66. The molecule has 0 radical (unpaired) electrons. The van der Waals surface area contributed by atoms with Crippen LogP contribution in [-0.4, -0.2) is 52.9 Å². The van der Waals surface area contributed by atoms with Crippen molar-refractivity contribution in [3.63, 3.8) is 0 Å². The van der Waals surface area contributed by atoms with E-state index in [1.54, 1.807) is 30.5 Å². The number of hydrogen-bond donors (Lipinski definition) is 4. The quantitative estimate of drug-likeness (QED) is 0.238. The largest absolute Gasteiger partial charge is 0.381 e. The van der Waals surface area contributed by atoms with Crippen LogP contribution in [0.15, 0.2) is 73.1 Å². The number of rotatable bonds is 8. The van der Waals surface area contributed by atoms with E-state index in [-0.39, 0.29) is 0 Å². The minimum atomic E-state index is -1.50. The van der Waals surface area contributed by atoms with Crippen LogP contribution in [0.2, 0.25) is 0 Å². The third-order valence-electron chi connectivity index (χ3n) is 5.13. The summed E-state index contributed by atoms with van der Waals surface area (Å²) < 4.78 is 0. The molecular formula is C24H25N5O4. The van der Waals surface area contributed by atoms with E-state index in [1.165, 1.54) is 19.6 Å². The molecule has 1 atom stereocenters. The second kappa shape index (κ2) is 10.9. The molecule has 0 aliphatic rings. The molecule has 0 saturated carbocycles. The number of carbonyl (C=O) groups excluding carboxylic acids is 3. The molecule has 0 aliphatic carbocycles. The lowest BCUT2D eigenvalue weighted by Crippen LogP contribution is -2.54. The standard InChI is InChI=1S/C24H25N5O4/c1-25-22(30)21(23(31)28-33)29(2)24(32)19-7-5-17(6-8-19)18-9-11-20(12-10-18)27-15-16-4-3-13-26-14-16/h3-14,21,27,33H,15H2,1-2H3,(H,25,30)(H,28,31). The SMILES string of the molecule is CNC(=O)C(C(=O)NO)N(C)C(=O)c1ccc(-c2ccc(NCc3cccnc3)cc2)cc1. The van der Waals surface area contributed by atoms with Gasteiger partial charge in [0.25, 0.3) is 17.7 Å². The van der Waals surface area contributed by atoms with Crippen molar-refractivity contribution >= 4 is 23.4 Å². The van der Waals surface area contributed by atoms with E-state index in [1.807, 2.05) is 42.6 Å². The van der Waals surface area contributed by atoms with Gasteiger partial charge in [0.05, 0.1) is 0 Å². The molecule has 3 aromatic rings. The molecule has 1 aromatic heterocycles. The van der Waals surface area contributed by atoms with E-state index in [9.17, 15) is 14.4 Å². The minimum absolute atomic E-state index is 0.302. The van der Waals surface area contributed by atoms with Gasteiger partial charge in [-0.2, -0.15) is 0 Å². The monoisotopic (exact) mass is 447 g/mol. The van der Waals surface area contributed by atoms with E-state index in [4.69, 9.17) is 5.21 Å². The lowest BCUT2D eigenvalue weighted by atomic mass is 10.0. The van der Waals surface area contributed by atoms with Gasteiger partial charge in [0, 0.05) is 44.3 Å². The average molecular weight is 447 g/mol. The van der Waals surface area contributed by atoms with Crippen LogP contribution in [0.1, 0.15) is 15.9 Å². The lowest BCUT2D eigenvalue weighted by Gasteiger charge is -2.25. The van der Waals surface area contributed by atoms with Crippen LogP contribution in [0.5, 0.6) is 0 Å². The third kappa shape index (κ3) is 5.72. The van der Waals surface area contributed by atoms with Crippen LogP contribution in [0.25, 0.3) is 11.1 Å². The molecule has 9 nitrogen and oxygen atoms in total. The predicted octanol–water partition coefficient (Wildman–Crippen LogP) is 2.05. The summed E-state index contributed by atoms with van der Waals surface area (Å²) in [6.45, 7) is 0.670. The van der Waals surface area contributed by atoms with E-state index in [0.29, 0.717) is 12.1 Å². The van der Waals surface area contributed by atoms with Crippen LogP contribution in [0.4, 0.5) is 5.69 Å². The first-order valence-corrected chi connectivity index (χ1v) is 10.2. The van der Waals surface area contributed by atoms with Crippen molar-refractivity contribution in [3.05, 3.63) is 84.2 Å². The molecule has 2 aromatic carbocycles. The molecule has 4 N–H and O–H groups in total. The van der Waals surface area contributed by atoms with Crippen molar-refractivity contribution in [2.45, 2.75) is 12.6 Å². The fraction of sp³-hybridized carbons (Fsp3) is 0.167. The Morgan fingerprint density at radius 1 is 0.970 bits per heavy atom. The first-order chi connectivity index (χ1) is 15.9. The number of nitrogens with zero attached hydrogens (tertiary/aromatic N) is 2. The number of amides is 3. The number of anilines is 1. The molecule has 33 heavy (non-hydrogen) atoms. The lowest BCUT2D eigenvalue weighted by molar-refractivity contribution is -0.140. The Balaban J connectivity index is 1.68. The molecule has 0 spiro atoms. The summed E-state index contributed by atoms with van der Waals surface area (Å²) in [5.41, 5.74) is 5.65. The maximum absolute atomic E-state index is 12.8. The average Bonchev–Trinajstić information content (AvgIpc) is 2.87. The molecule has 0 fully saturated rings. The van der Waals surface area contributed by atoms with E-state index in [2.05, 4.69) is 15.6 Å². The Labute approximate surface area is 191 Å². The van der Waals surface area contributed by atoms with Gasteiger partial charge in [-0.1, -0.05) is 30.3 Å². The number of hydroxylamine groups is 1. The highest BCUT2D eigenvalue weighted by Crippen LogP contribution is 2.23. The summed E-state index contributed by atoms with van der Waals surface area (Å²) in [5, 5.41) is 14.5. The van der Waals surface area contributed by atoms with Gasteiger partial charge in [-0.05, 0) is 47.0 Å². The highest BCUT2D eigenvalue weighted by Gasteiger charge is 2.33. The Bertz CT molecular complexity index is 1090. The van der Waals surface area contributed by atoms with Gasteiger partial charge >= 0.3 is 0 Å². The molecular weight excluding hydrogens is 422 g/mol. The number of benzene rings is 2.